The first-order chi connectivity index (χ1) is 10.8. The van der Waals surface area contributed by atoms with Crippen molar-refractivity contribution in [3.8, 4) is 0 Å². The van der Waals surface area contributed by atoms with Gasteiger partial charge in [-0.1, -0.05) is 0 Å². The lowest BCUT2D eigenvalue weighted by Gasteiger charge is -2.18. The topological polar surface area (TPSA) is 86.2 Å². The molecule has 1 aliphatic heterocycles. The van der Waals surface area contributed by atoms with Crippen LogP contribution in [0.4, 0.5) is 5.69 Å². The van der Waals surface area contributed by atoms with Gasteiger partial charge in [0.1, 0.15) is 17.0 Å². The van der Waals surface area contributed by atoms with Gasteiger partial charge in [0.25, 0.3) is 0 Å². The zero-order chi connectivity index (χ0) is 16.8. The molecule has 2 aromatic rings. The molecule has 0 aromatic carbocycles. The fraction of sp³-hybridized carbons (Fsp3) is 0.533. The van der Waals surface area contributed by atoms with Gasteiger partial charge in [-0.2, -0.15) is 0 Å². The summed E-state index contributed by atoms with van der Waals surface area (Å²) >= 11 is 6.42. The minimum absolute atomic E-state index is 0.304. The Hall–Kier alpha value is -1.07. The number of anilines is 1. The SMILES string of the molecule is C=P(C)(C)CC[C@H]1OC(n2cnc3c(N)ccnc32)[C@H](Cl)[C@@H]1O. The predicted octanol–water partition coefficient (Wildman–Crippen LogP) is 1.98. The van der Waals surface area contributed by atoms with E-state index in [0.717, 1.165) is 12.6 Å². The van der Waals surface area contributed by atoms with Crippen molar-refractivity contribution >= 4 is 41.6 Å². The molecule has 0 radical (unpaired) electrons. The minimum atomic E-state index is -1.17. The first-order valence-electron chi connectivity index (χ1n) is 7.50. The summed E-state index contributed by atoms with van der Waals surface area (Å²) in [5.41, 5.74) is 7.69. The third kappa shape index (κ3) is 3.26. The van der Waals surface area contributed by atoms with E-state index in [1.807, 2.05) is 0 Å². The summed E-state index contributed by atoms with van der Waals surface area (Å²) in [6, 6.07) is 1.70. The molecule has 1 saturated heterocycles. The quantitative estimate of drug-likeness (QED) is 0.646. The lowest BCUT2D eigenvalue weighted by atomic mass is 10.1. The van der Waals surface area contributed by atoms with Crippen molar-refractivity contribution in [3.05, 3.63) is 18.6 Å². The second-order valence-electron chi connectivity index (χ2n) is 6.67. The van der Waals surface area contributed by atoms with Gasteiger partial charge in [-0.05, 0) is 32.0 Å². The van der Waals surface area contributed by atoms with Crippen LogP contribution in [0.3, 0.4) is 0 Å². The number of aliphatic hydroxyl groups is 1. The van der Waals surface area contributed by atoms with Crippen molar-refractivity contribution in [2.24, 2.45) is 0 Å². The van der Waals surface area contributed by atoms with Crippen molar-refractivity contribution in [1.82, 2.24) is 14.5 Å². The number of imidazole rings is 1. The van der Waals surface area contributed by atoms with Crippen LogP contribution < -0.4 is 5.73 Å². The first-order valence-corrected chi connectivity index (χ1v) is 11.0. The molecule has 0 bridgehead atoms. The molecule has 2 aromatic heterocycles. The highest BCUT2D eigenvalue weighted by molar-refractivity contribution is 7.72. The summed E-state index contributed by atoms with van der Waals surface area (Å²) < 4.78 is 7.77. The highest BCUT2D eigenvalue weighted by Gasteiger charge is 2.44. The largest absolute Gasteiger partial charge is 0.397 e. The lowest BCUT2D eigenvalue weighted by Crippen LogP contribution is -2.28. The van der Waals surface area contributed by atoms with E-state index in [-0.39, 0.29) is 6.10 Å². The van der Waals surface area contributed by atoms with Gasteiger partial charge < -0.3 is 15.6 Å². The molecule has 1 aliphatic rings. The van der Waals surface area contributed by atoms with Gasteiger partial charge in [0, 0.05) is 6.20 Å². The Morgan fingerprint density at radius 3 is 2.91 bits per heavy atom. The second kappa shape index (κ2) is 6.10. The van der Waals surface area contributed by atoms with Gasteiger partial charge in [-0.25, -0.2) is 9.97 Å². The van der Waals surface area contributed by atoms with Crippen LogP contribution in [0.15, 0.2) is 18.6 Å². The predicted molar refractivity (Wildman–Crippen MR) is 96.9 cm³/mol. The fourth-order valence-corrected chi connectivity index (χ4v) is 4.08. The van der Waals surface area contributed by atoms with Gasteiger partial charge >= 0.3 is 0 Å². The molecule has 4 atom stereocenters. The number of aliphatic hydroxyl groups excluding tert-OH is 1. The maximum atomic E-state index is 10.4. The number of nitrogen functional groups attached to an aromatic ring is 1. The normalized spacial score (nSPS) is 28.5. The molecular formula is C15H22ClN4O2P. The monoisotopic (exact) mass is 356 g/mol. The summed E-state index contributed by atoms with van der Waals surface area (Å²) in [5.74, 6) is 0. The molecule has 126 valence electrons. The maximum absolute atomic E-state index is 10.4. The van der Waals surface area contributed by atoms with Crippen LogP contribution in [0.25, 0.3) is 11.2 Å². The molecule has 6 nitrogen and oxygen atoms in total. The van der Waals surface area contributed by atoms with E-state index >= 15 is 0 Å². The molecular weight excluding hydrogens is 335 g/mol. The number of ether oxygens (including phenoxy) is 1. The Balaban J connectivity index is 1.85. The van der Waals surface area contributed by atoms with Crippen molar-refractivity contribution in [2.45, 2.75) is 30.2 Å². The summed E-state index contributed by atoms with van der Waals surface area (Å²) in [7, 11) is 0. The Morgan fingerprint density at radius 2 is 2.22 bits per heavy atom. The first kappa shape index (κ1) is 16.8. The van der Waals surface area contributed by atoms with E-state index in [4.69, 9.17) is 22.1 Å². The highest BCUT2D eigenvalue weighted by atomic mass is 35.5. The zero-order valence-corrected chi connectivity index (χ0v) is 14.9. The van der Waals surface area contributed by atoms with Crippen molar-refractivity contribution in [3.63, 3.8) is 0 Å². The zero-order valence-electron chi connectivity index (χ0n) is 13.3. The van der Waals surface area contributed by atoms with Gasteiger partial charge in [0.05, 0.1) is 18.1 Å². The number of fused-ring (bicyclic) bond motifs is 1. The lowest BCUT2D eigenvalue weighted by molar-refractivity contribution is -0.0176. The van der Waals surface area contributed by atoms with E-state index in [1.165, 1.54) is 0 Å². The van der Waals surface area contributed by atoms with E-state index in [0.29, 0.717) is 16.9 Å². The number of halogens is 1. The van der Waals surface area contributed by atoms with Crippen LogP contribution in [-0.2, 0) is 4.74 Å². The van der Waals surface area contributed by atoms with E-state index in [2.05, 4.69) is 29.6 Å². The molecule has 0 spiro atoms. The number of alkyl halides is 1. The van der Waals surface area contributed by atoms with Crippen LogP contribution in [0.2, 0.25) is 0 Å². The Labute approximate surface area is 140 Å². The van der Waals surface area contributed by atoms with E-state index in [1.54, 1.807) is 23.2 Å². The Bertz CT molecular complexity index is 759. The van der Waals surface area contributed by atoms with Crippen molar-refractivity contribution < 1.29 is 9.84 Å². The third-order valence-corrected chi connectivity index (χ3v) is 6.02. The molecule has 0 saturated carbocycles. The number of hydrogen-bond donors (Lipinski definition) is 2. The molecule has 23 heavy (non-hydrogen) atoms. The standard InChI is InChI=1S/C15H22ClN4O2P/c1-23(2,3)7-5-10-13(21)11(16)15(22-10)20-8-19-12-9(17)4-6-18-14(12)20/h4,6,8,10-11,13,15,21H,1,5,7H2,2-3H3,(H2,17,18)/t10-,11-,13-,15?/m1/s1. The van der Waals surface area contributed by atoms with Crippen LogP contribution in [0.5, 0.6) is 0 Å². The molecule has 1 fully saturated rings. The average molecular weight is 357 g/mol. The summed E-state index contributed by atoms with van der Waals surface area (Å²) in [5, 5.41) is 9.84. The molecule has 3 rings (SSSR count). The average Bonchev–Trinajstić information content (AvgIpc) is 3.01. The van der Waals surface area contributed by atoms with Crippen molar-refractivity contribution in [2.75, 3.05) is 25.2 Å². The minimum Gasteiger partial charge on any atom is -0.397 e. The molecule has 3 heterocycles. The van der Waals surface area contributed by atoms with Gasteiger partial charge in [0.2, 0.25) is 0 Å². The second-order valence-corrected chi connectivity index (χ2v) is 11.5. The number of rotatable bonds is 4. The summed E-state index contributed by atoms with van der Waals surface area (Å²) in [4.78, 5) is 8.60. The fourth-order valence-electron chi connectivity index (χ4n) is 2.78. The van der Waals surface area contributed by atoms with Crippen LogP contribution in [0.1, 0.15) is 12.6 Å². The third-order valence-electron chi connectivity index (χ3n) is 4.08. The van der Waals surface area contributed by atoms with Crippen LogP contribution in [0, 0.1) is 0 Å². The van der Waals surface area contributed by atoms with Gasteiger partial charge in [-0.3, -0.25) is 4.57 Å². The number of nitrogens with zero attached hydrogens (tertiary/aromatic N) is 3. The van der Waals surface area contributed by atoms with E-state index in [9.17, 15) is 5.11 Å². The molecule has 3 N–H and O–H groups in total. The molecule has 0 amide bonds. The molecule has 8 heteroatoms. The highest BCUT2D eigenvalue weighted by Crippen LogP contribution is 2.41. The number of nitrogens with two attached hydrogens (primary N) is 1. The molecule has 1 unspecified atom stereocenters. The van der Waals surface area contributed by atoms with E-state index < -0.39 is 24.6 Å². The Morgan fingerprint density at radius 1 is 1.48 bits per heavy atom. The number of aromatic nitrogens is 3. The van der Waals surface area contributed by atoms with Gasteiger partial charge in [0.15, 0.2) is 11.9 Å². The number of pyridine rings is 1. The Kier molecular flexibility index (Phi) is 4.45. The smallest absolute Gasteiger partial charge is 0.164 e. The summed E-state index contributed by atoms with van der Waals surface area (Å²) in [6.07, 6.45) is 7.58. The number of hydrogen-bond acceptors (Lipinski definition) is 5. The van der Waals surface area contributed by atoms with Crippen molar-refractivity contribution in [1.29, 1.82) is 0 Å². The van der Waals surface area contributed by atoms with Gasteiger partial charge in [-0.15, -0.1) is 24.8 Å². The van der Waals surface area contributed by atoms with Crippen LogP contribution >= 0.6 is 18.5 Å². The summed E-state index contributed by atoms with van der Waals surface area (Å²) in [6.45, 7) is 3.16. The maximum Gasteiger partial charge on any atom is 0.164 e. The van der Waals surface area contributed by atoms with Crippen LogP contribution in [-0.4, -0.2) is 63.0 Å². The molecule has 0 aliphatic carbocycles.